The number of nitrogens with zero attached hydrogens (tertiary/aromatic N) is 3. The molecule has 5 rings (SSSR count). The number of amides is 1. The molecule has 2 atom stereocenters. The predicted octanol–water partition coefficient (Wildman–Crippen LogP) is 3.97. The first-order chi connectivity index (χ1) is 14.3. The van der Waals surface area contributed by atoms with Crippen molar-refractivity contribution in [2.45, 2.75) is 25.0 Å². The fourth-order valence-corrected chi connectivity index (χ4v) is 5.19. The van der Waals surface area contributed by atoms with Crippen LogP contribution in [0.15, 0.2) is 54.0 Å². The van der Waals surface area contributed by atoms with Crippen molar-refractivity contribution in [2.24, 2.45) is 0 Å². The first-order valence-corrected chi connectivity index (χ1v) is 11.2. The molecule has 0 bridgehead atoms. The Morgan fingerprint density at radius 2 is 1.93 bits per heavy atom. The quantitative estimate of drug-likeness (QED) is 0.656. The molecule has 2 aromatic carbocycles. The van der Waals surface area contributed by atoms with Crippen molar-refractivity contribution in [2.75, 3.05) is 32.8 Å². The van der Waals surface area contributed by atoms with E-state index in [1.807, 2.05) is 46.8 Å². The average molecular weight is 408 g/mol. The van der Waals surface area contributed by atoms with Gasteiger partial charge in [0.1, 0.15) is 0 Å². The maximum atomic E-state index is 13.6. The molecule has 150 valence electrons. The molecule has 0 N–H and O–H groups in total. The van der Waals surface area contributed by atoms with Gasteiger partial charge in [-0.3, -0.25) is 4.79 Å². The van der Waals surface area contributed by atoms with E-state index in [0.29, 0.717) is 18.7 Å². The minimum atomic E-state index is -0.0795. The van der Waals surface area contributed by atoms with Gasteiger partial charge in [-0.15, -0.1) is 11.3 Å². The lowest BCUT2D eigenvalue weighted by atomic mass is 9.96. The molecule has 0 aliphatic carbocycles. The number of hydrogen-bond donors (Lipinski definition) is 0. The zero-order valence-electron chi connectivity index (χ0n) is 16.4. The summed E-state index contributed by atoms with van der Waals surface area (Å²) >= 11 is 1.60. The SMILES string of the molecule is O=C(c1ccc2scnc2c1)N1CCO[C@@H](CN2CCCC2)[C@@H]1c1ccccc1. The number of hydrogen-bond acceptors (Lipinski definition) is 5. The maximum absolute atomic E-state index is 13.6. The molecular weight excluding hydrogens is 382 g/mol. The summed E-state index contributed by atoms with van der Waals surface area (Å²) in [4.78, 5) is 22.4. The summed E-state index contributed by atoms with van der Waals surface area (Å²) < 4.78 is 7.34. The summed E-state index contributed by atoms with van der Waals surface area (Å²) in [6, 6.07) is 16.1. The van der Waals surface area contributed by atoms with Gasteiger partial charge in [-0.2, -0.15) is 0 Å². The van der Waals surface area contributed by atoms with Gasteiger partial charge in [0.05, 0.1) is 34.5 Å². The van der Waals surface area contributed by atoms with E-state index in [2.05, 4.69) is 22.0 Å². The molecule has 0 saturated carbocycles. The van der Waals surface area contributed by atoms with E-state index in [4.69, 9.17) is 4.74 Å². The predicted molar refractivity (Wildman–Crippen MR) is 115 cm³/mol. The molecule has 2 aliphatic rings. The highest BCUT2D eigenvalue weighted by Crippen LogP contribution is 2.32. The molecule has 6 heteroatoms. The van der Waals surface area contributed by atoms with Crippen LogP contribution in [0.4, 0.5) is 0 Å². The van der Waals surface area contributed by atoms with Crippen LogP contribution in [-0.2, 0) is 4.74 Å². The van der Waals surface area contributed by atoms with E-state index in [-0.39, 0.29) is 18.1 Å². The lowest BCUT2D eigenvalue weighted by Gasteiger charge is -2.42. The van der Waals surface area contributed by atoms with Crippen LogP contribution in [0, 0.1) is 0 Å². The van der Waals surface area contributed by atoms with Crippen LogP contribution in [0.5, 0.6) is 0 Å². The van der Waals surface area contributed by atoms with Gasteiger partial charge in [0.25, 0.3) is 5.91 Å². The number of ether oxygens (including phenoxy) is 1. The first kappa shape index (κ1) is 18.7. The van der Waals surface area contributed by atoms with Crippen molar-refractivity contribution in [3.63, 3.8) is 0 Å². The summed E-state index contributed by atoms with van der Waals surface area (Å²) in [6.45, 7) is 4.29. The molecule has 5 nitrogen and oxygen atoms in total. The van der Waals surface area contributed by atoms with Gasteiger partial charge in [0, 0.05) is 18.7 Å². The van der Waals surface area contributed by atoms with E-state index in [0.717, 1.165) is 35.4 Å². The Balaban J connectivity index is 1.47. The fourth-order valence-electron chi connectivity index (χ4n) is 4.53. The molecule has 2 saturated heterocycles. The van der Waals surface area contributed by atoms with Crippen LogP contribution in [0.3, 0.4) is 0 Å². The van der Waals surface area contributed by atoms with Crippen molar-refractivity contribution in [3.8, 4) is 0 Å². The van der Waals surface area contributed by atoms with Crippen LogP contribution < -0.4 is 0 Å². The number of carbonyl (C=O) groups excluding carboxylic acids is 1. The monoisotopic (exact) mass is 407 g/mol. The summed E-state index contributed by atoms with van der Waals surface area (Å²) in [6.07, 6.45) is 2.48. The zero-order valence-corrected chi connectivity index (χ0v) is 17.2. The molecule has 1 amide bonds. The Bertz CT molecular complexity index is 984. The highest BCUT2D eigenvalue weighted by molar-refractivity contribution is 7.16. The highest BCUT2D eigenvalue weighted by Gasteiger charge is 2.38. The van der Waals surface area contributed by atoms with Crippen LogP contribution in [0.1, 0.15) is 34.8 Å². The standard InChI is InChI=1S/C23H25N3O2S/c27-23(18-8-9-21-19(14-18)24-16-29-21)26-12-13-28-20(15-25-10-4-5-11-25)22(26)17-6-2-1-3-7-17/h1-3,6-9,14,16,20,22H,4-5,10-13,15H2/t20-,22-/m0/s1. The molecule has 0 unspecified atom stereocenters. The van der Waals surface area contributed by atoms with E-state index in [1.165, 1.54) is 12.8 Å². The molecule has 2 fully saturated rings. The number of benzene rings is 2. The van der Waals surface area contributed by atoms with Crippen molar-refractivity contribution in [1.29, 1.82) is 0 Å². The minimum Gasteiger partial charge on any atom is -0.373 e. The smallest absolute Gasteiger partial charge is 0.254 e. The number of morpholine rings is 1. The third-order valence-corrected chi connectivity index (χ3v) is 6.78. The number of rotatable bonds is 4. The second kappa shape index (κ2) is 8.22. The number of fused-ring (bicyclic) bond motifs is 1. The highest BCUT2D eigenvalue weighted by atomic mass is 32.1. The van der Waals surface area contributed by atoms with Crippen molar-refractivity contribution >= 4 is 27.5 Å². The van der Waals surface area contributed by atoms with E-state index < -0.39 is 0 Å². The minimum absolute atomic E-state index is 0.0174. The van der Waals surface area contributed by atoms with Crippen LogP contribution in [-0.4, -0.2) is 59.6 Å². The van der Waals surface area contributed by atoms with Gasteiger partial charge in [0.15, 0.2) is 0 Å². The molecule has 0 radical (unpaired) electrons. The summed E-state index contributed by atoms with van der Waals surface area (Å²) in [5.41, 5.74) is 4.55. The first-order valence-electron chi connectivity index (χ1n) is 10.3. The Labute approximate surface area is 174 Å². The van der Waals surface area contributed by atoms with E-state index >= 15 is 0 Å². The Morgan fingerprint density at radius 1 is 1.10 bits per heavy atom. The van der Waals surface area contributed by atoms with Gasteiger partial charge in [0.2, 0.25) is 0 Å². The average Bonchev–Trinajstić information content (AvgIpc) is 3.45. The Morgan fingerprint density at radius 3 is 2.76 bits per heavy atom. The summed E-state index contributed by atoms with van der Waals surface area (Å²) in [5.74, 6) is 0.0588. The van der Waals surface area contributed by atoms with Crippen molar-refractivity contribution < 1.29 is 9.53 Å². The lowest BCUT2D eigenvalue weighted by Crippen LogP contribution is -2.51. The van der Waals surface area contributed by atoms with Gasteiger partial charge < -0.3 is 14.5 Å². The van der Waals surface area contributed by atoms with Crippen LogP contribution >= 0.6 is 11.3 Å². The lowest BCUT2D eigenvalue weighted by molar-refractivity contribution is -0.0707. The topological polar surface area (TPSA) is 45.7 Å². The molecule has 0 spiro atoms. The van der Waals surface area contributed by atoms with Gasteiger partial charge in [-0.05, 0) is 49.7 Å². The molecule has 3 aromatic rings. The van der Waals surface area contributed by atoms with Gasteiger partial charge >= 0.3 is 0 Å². The normalized spacial score (nSPS) is 23.0. The number of likely N-dealkylation sites (tertiary alicyclic amines) is 1. The molecular formula is C23H25N3O2S. The Hall–Kier alpha value is -2.28. The van der Waals surface area contributed by atoms with Gasteiger partial charge in [-0.25, -0.2) is 4.98 Å². The number of carbonyl (C=O) groups is 1. The van der Waals surface area contributed by atoms with Crippen molar-refractivity contribution in [1.82, 2.24) is 14.8 Å². The zero-order chi connectivity index (χ0) is 19.6. The largest absolute Gasteiger partial charge is 0.373 e. The molecule has 3 heterocycles. The van der Waals surface area contributed by atoms with Crippen LogP contribution in [0.2, 0.25) is 0 Å². The number of aromatic nitrogens is 1. The third kappa shape index (κ3) is 3.80. The molecule has 1 aromatic heterocycles. The van der Waals surface area contributed by atoms with Gasteiger partial charge in [-0.1, -0.05) is 30.3 Å². The van der Waals surface area contributed by atoms with Crippen molar-refractivity contribution in [3.05, 3.63) is 65.2 Å². The third-order valence-electron chi connectivity index (χ3n) is 5.97. The second-order valence-corrected chi connectivity index (χ2v) is 8.69. The van der Waals surface area contributed by atoms with E-state index in [1.54, 1.807) is 11.3 Å². The summed E-state index contributed by atoms with van der Waals surface area (Å²) in [7, 11) is 0. The Kier molecular flexibility index (Phi) is 5.31. The summed E-state index contributed by atoms with van der Waals surface area (Å²) in [5, 5.41) is 0. The fraction of sp³-hybridized carbons (Fsp3) is 0.391. The second-order valence-electron chi connectivity index (χ2n) is 7.81. The van der Waals surface area contributed by atoms with E-state index in [9.17, 15) is 4.79 Å². The van der Waals surface area contributed by atoms with Crippen LogP contribution in [0.25, 0.3) is 10.2 Å². The maximum Gasteiger partial charge on any atom is 0.254 e. The molecule has 2 aliphatic heterocycles. The number of thiazole rings is 1. The molecule has 29 heavy (non-hydrogen) atoms.